The lowest BCUT2D eigenvalue weighted by Crippen LogP contribution is -2.36. The highest BCUT2D eigenvalue weighted by molar-refractivity contribution is 9.10. The van der Waals surface area contributed by atoms with E-state index < -0.39 is 0 Å². The first-order chi connectivity index (χ1) is 8.67. The molecule has 0 amide bonds. The zero-order valence-corrected chi connectivity index (χ0v) is 12.9. The van der Waals surface area contributed by atoms with Gasteiger partial charge in [0.15, 0.2) is 0 Å². The van der Waals surface area contributed by atoms with Gasteiger partial charge in [-0.1, -0.05) is 19.3 Å². The average molecular weight is 332 g/mol. The molecule has 2 N–H and O–H groups in total. The van der Waals surface area contributed by atoms with Crippen LogP contribution in [0.4, 0.5) is 5.82 Å². The summed E-state index contributed by atoms with van der Waals surface area (Å²) in [4.78, 5) is 18.2. The molecule has 0 bridgehead atoms. The highest BCUT2D eigenvalue weighted by Gasteiger charge is 2.31. The fourth-order valence-corrected chi connectivity index (χ4v) is 3.67. The number of nitrogens with zero attached hydrogens (tertiary/aromatic N) is 1. The molecule has 1 saturated carbocycles. The molecule has 0 aliphatic heterocycles. The smallest absolute Gasteiger partial charge is 0.267 e. The molecular weight excluding hydrogens is 314 g/mol. The fourth-order valence-electron chi connectivity index (χ4n) is 2.40. The quantitative estimate of drug-likeness (QED) is 0.890. The minimum Gasteiger partial charge on any atom is -0.368 e. The van der Waals surface area contributed by atoms with E-state index in [9.17, 15) is 4.79 Å². The van der Waals surface area contributed by atoms with E-state index in [-0.39, 0.29) is 5.56 Å². The van der Waals surface area contributed by atoms with Crippen LogP contribution in [-0.4, -0.2) is 27.5 Å². The summed E-state index contributed by atoms with van der Waals surface area (Å²) >= 11 is 5.20. The maximum absolute atomic E-state index is 11.5. The first-order valence-electron chi connectivity index (χ1n) is 6.19. The molecule has 1 aliphatic rings. The Kier molecular flexibility index (Phi) is 4.72. The normalized spacial score (nSPS) is 18.6. The summed E-state index contributed by atoms with van der Waals surface area (Å²) in [5.74, 6) is 0.637. The zero-order valence-electron chi connectivity index (χ0n) is 10.5. The lowest BCUT2D eigenvalue weighted by molar-refractivity contribution is 0.411. The van der Waals surface area contributed by atoms with E-state index in [1.165, 1.54) is 38.4 Å². The third-order valence-electron chi connectivity index (χ3n) is 3.57. The van der Waals surface area contributed by atoms with E-state index in [1.54, 1.807) is 0 Å². The number of aromatic nitrogens is 2. The third kappa shape index (κ3) is 3.09. The molecule has 1 aromatic rings. The summed E-state index contributed by atoms with van der Waals surface area (Å²) < 4.78 is 0.777. The summed E-state index contributed by atoms with van der Waals surface area (Å²) in [6.07, 6.45) is 10.0. The van der Waals surface area contributed by atoms with Crippen LogP contribution in [0.5, 0.6) is 0 Å². The molecule has 0 atom stereocenters. The molecule has 0 radical (unpaired) electrons. The molecule has 0 saturated heterocycles. The van der Waals surface area contributed by atoms with Gasteiger partial charge in [-0.3, -0.25) is 4.79 Å². The molecule has 0 spiro atoms. The number of rotatable bonds is 4. The average Bonchev–Trinajstić information content (AvgIpc) is 2.41. The predicted octanol–water partition coefficient (Wildman–Crippen LogP) is 3.01. The Morgan fingerprint density at radius 2 is 2.22 bits per heavy atom. The van der Waals surface area contributed by atoms with Gasteiger partial charge in [0.1, 0.15) is 10.3 Å². The van der Waals surface area contributed by atoms with Gasteiger partial charge >= 0.3 is 0 Å². The van der Waals surface area contributed by atoms with Crippen LogP contribution in [0, 0.1) is 0 Å². The van der Waals surface area contributed by atoms with E-state index >= 15 is 0 Å². The summed E-state index contributed by atoms with van der Waals surface area (Å²) in [5.41, 5.74) is -0.144. The van der Waals surface area contributed by atoms with Gasteiger partial charge in [0.25, 0.3) is 5.56 Å². The Hall–Kier alpha value is -0.490. The topological polar surface area (TPSA) is 57.8 Å². The molecule has 0 aromatic carbocycles. The van der Waals surface area contributed by atoms with E-state index in [0.29, 0.717) is 15.0 Å². The number of aromatic amines is 1. The largest absolute Gasteiger partial charge is 0.368 e. The Balaban J connectivity index is 2.05. The molecular formula is C12H18BrN3OS. The molecule has 1 heterocycles. The second-order valence-corrected chi connectivity index (χ2v) is 6.76. The van der Waals surface area contributed by atoms with Gasteiger partial charge in [-0.15, -0.1) is 0 Å². The van der Waals surface area contributed by atoms with Gasteiger partial charge in [-0.2, -0.15) is 11.8 Å². The molecule has 6 heteroatoms. The standard InChI is InChI=1S/C12H18BrN3OS/c1-18-12(5-3-2-4-6-12)7-14-10-9(13)11(17)16-8-15-10/h8H,2-7H2,1H3,(H2,14,15,16,17). The van der Waals surface area contributed by atoms with Crippen LogP contribution in [0.3, 0.4) is 0 Å². The number of anilines is 1. The van der Waals surface area contributed by atoms with Gasteiger partial charge in [-0.05, 0) is 35.0 Å². The van der Waals surface area contributed by atoms with Gasteiger partial charge in [0.2, 0.25) is 0 Å². The van der Waals surface area contributed by atoms with Crippen molar-refractivity contribution in [1.29, 1.82) is 0 Å². The van der Waals surface area contributed by atoms with Crippen LogP contribution in [0.25, 0.3) is 0 Å². The lowest BCUT2D eigenvalue weighted by Gasteiger charge is -2.36. The van der Waals surface area contributed by atoms with Crippen molar-refractivity contribution in [2.75, 3.05) is 18.1 Å². The Morgan fingerprint density at radius 3 is 2.89 bits per heavy atom. The molecule has 18 heavy (non-hydrogen) atoms. The molecule has 0 unspecified atom stereocenters. The van der Waals surface area contributed by atoms with Crippen molar-refractivity contribution in [2.24, 2.45) is 0 Å². The number of halogens is 1. The molecule has 1 aliphatic carbocycles. The van der Waals surface area contributed by atoms with Crippen molar-refractivity contribution in [3.05, 3.63) is 21.2 Å². The van der Waals surface area contributed by atoms with Gasteiger partial charge in [-0.25, -0.2) is 4.98 Å². The molecule has 1 aromatic heterocycles. The summed E-state index contributed by atoms with van der Waals surface area (Å²) in [5, 5.41) is 3.32. The van der Waals surface area contributed by atoms with Crippen LogP contribution in [0.2, 0.25) is 0 Å². The Morgan fingerprint density at radius 1 is 1.50 bits per heavy atom. The van der Waals surface area contributed by atoms with Crippen LogP contribution >= 0.6 is 27.7 Å². The Bertz CT molecular complexity index is 457. The minimum absolute atomic E-state index is 0.144. The van der Waals surface area contributed by atoms with Crippen molar-refractivity contribution in [3.8, 4) is 0 Å². The van der Waals surface area contributed by atoms with E-state index in [4.69, 9.17) is 0 Å². The van der Waals surface area contributed by atoms with Crippen molar-refractivity contribution in [2.45, 2.75) is 36.9 Å². The monoisotopic (exact) mass is 331 g/mol. The maximum atomic E-state index is 11.5. The summed E-state index contributed by atoms with van der Waals surface area (Å²) in [6, 6.07) is 0. The number of H-pyrrole nitrogens is 1. The summed E-state index contributed by atoms with van der Waals surface area (Å²) in [7, 11) is 0. The van der Waals surface area contributed by atoms with Crippen LogP contribution in [0.1, 0.15) is 32.1 Å². The molecule has 4 nitrogen and oxygen atoms in total. The van der Waals surface area contributed by atoms with E-state index in [1.807, 2.05) is 11.8 Å². The highest BCUT2D eigenvalue weighted by Crippen LogP contribution is 2.38. The van der Waals surface area contributed by atoms with Crippen molar-refractivity contribution in [1.82, 2.24) is 9.97 Å². The zero-order chi connectivity index (χ0) is 13.0. The predicted molar refractivity (Wildman–Crippen MR) is 80.4 cm³/mol. The number of thioether (sulfide) groups is 1. The minimum atomic E-state index is -0.144. The van der Waals surface area contributed by atoms with Gasteiger partial charge < -0.3 is 10.3 Å². The Labute approximate surface area is 119 Å². The van der Waals surface area contributed by atoms with E-state index in [2.05, 4.69) is 37.5 Å². The fraction of sp³-hybridized carbons (Fsp3) is 0.667. The van der Waals surface area contributed by atoms with Crippen LogP contribution in [-0.2, 0) is 0 Å². The van der Waals surface area contributed by atoms with Crippen LogP contribution in [0.15, 0.2) is 15.6 Å². The molecule has 100 valence electrons. The van der Waals surface area contributed by atoms with Crippen molar-refractivity contribution in [3.63, 3.8) is 0 Å². The van der Waals surface area contributed by atoms with Crippen molar-refractivity contribution < 1.29 is 0 Å². The number of hydrogen-bond acceptors (Lipinski definition) is 4. The molecule has 2 rings (SSSR count). The van der Waals surface area contributed by atoms with E-state index in [0.717, 1.165) is 6.54 Å². The number of nitrogens with one attached hydrogen (secondary N) is 2. The van der Waals surface area contributed by atoms with Gasteiger partial charge in [0, 0.05) is 11.3 Å². The number of hydrogen-bond donors (Lipinski definition) is 2. The second-order valence-electron chi connectivity index (χ2n) is 4.70. The molecule has 1 fully saturated rings. The summed E-state index contributed by atoms with van der Waals surface area (Å²) in [6.45, 7) is 0.864. The second kappa shape index (κ2) is 6.10. The van der Waals surface area contributed by atoms with Crippen LogP contribution < -0.4 is 10.9 Å². The van der Waals surface area contributed by atoms with Gasteiger partial charge in [0.05, 0.1) is 6.33 Å². The lowest BCUT2D eigenvalue weighted by atomic mass is 9.88. The SMILES string of the molecule is CSC1(CNc2nc[nH]c(=O)c2Br)CCCCC1. The first-order valence-corrected chi connectivity index (χ1v) is 8.21. The van der Waals surface area contributed by atoms with Crippen molar-refractivity contribution >= 4 is 33.5 Å². The highest BCUT2D eigenvalue weighted by atomic mass is 79.9. The maximum Gasteiger partial charge on any atom is 0.267 e. The first kappa shape index (κ1) is 13.9. The third-order valence-corrected chi connectivity index (χ3v) is 5.73.